The summed E-state index contributed by atoms with van der Waals surface area (Å²) in [5.74, 6) is 0. The fourth-order valence-corrected chi connectivity index (χ4v) is 2.85. The summed E-state index contributed by atoms with van der Waals surface area (Å²) >= 11 is 0. The summed E-state index contributed by atoms with van der Waals surface area (Å²) < 4.78 is 0. The zero-order valence-corrected chi connectivity index (χ0v) is 12.5. The normalized spacial score (nSPS) is 19.4. The summed E-state index contributed by atoms with van der Waals surface area (Å²) in [6, 6.07) is 5.31. The molecule has 1 aliphatic rings. The van der Waals surface area contributed by atoms with Gasteiger partial charge in [-0.15, -0.1) is 0 Å². The predicted molar refractivity (Wildman–Crippen MR) is 85.5 cm³/mol. The summed E-state index contributed by atoms with van der Waals surface area (Å²) in [6.07, 6.45) is 4.93. The number of non-ortho nitro benzene ring substituents is 1. The Labute approximate surface area is 125 Å². The zero-order chi connectivity index (χ0) is 15.2. The Balaban J connectivity index is 1.79. The minimum atomic E-state index is -0.420. The van der Waals surface area contributed by atoms with Crippen molar-refractivity contribution >= 4 is 17.1 Å². The summed E-state index contributed by atoms with van der Waals surface area (Å²) in [5, 5.41) is 14.0. The first-order valence-corrected chi connectivity index (χ1v) is 7.59. The lowest BCUT2D eigenvalue weighted by Gasteiger charge is -2.33. The largest absolute Gasteiger partial charge is 0.398 e. The quantitative estimate of drug-likeness (QED) is 0.364. The molecule has 0 radical (unpaired) electrons. The number of nitro groups is 1. The van der Waals surface area contributed by atoms with Gasteiger partial charge in [0.15, 0.2) is 0 Å². The van der Waals surface area contributed by atoms with Gasteiger partial charge in [0.05, 0.1) is 4.92 Å². The van der Waals surface area contributed by atoms with E-state index in [1.54, 1.807) is 6.07 Å². The fraction of sp³-hybridized carbons (Fsp3) is 0.600. The molecule has 116 valence electrons. The van der Waals surface area contributed by atoms with Crippen molar-refractivity contribution < 1.29 is 4.92 Å². The van der Waals surface area contributed by atoms with Crippen molar-refractivity contribution in [2.45, 2.75) is 38.6 Å². The molecule has 1 aromatic carbocycles. The van der Waals surface area contributed by atoms with Crippen LogP contribution in [0.4, 0.5) is 17.1 Å². The van der Waals surface area contributed by atoms with Crippen molar-refractivity contribution in [2.75, 3.05) is 30.7 Å². The standard InChI is InChI=1S/C15H24N4O2/c1-12-5-2-3-7-18(12)8-4-6-17-14-9-13(16)10-15(11-14)19(20)21/h9-12,17H,2-8,16H2,1H3. The van der Waals surface area contributed by atoms with Crippen molar-refractivity contribution in [2.24, 2.45) is 0 Å². The van der Waals surface area contributed by atoms with Gasteiger partial charge in [-0.3, -0.25) is 10.1 Å². The first-order chi connectivity index (χ1) is 10.1. The van der Waals surface area contributed by atoms with E-state index in [1.807, 2.05) is 0 Å². The van der Waals surface area contributed by atoms with Crippen molar-refractivity contribution in [1.29, 1.82) is 0 Å². The number of nitrogens with zero attached hydrogens (tertiary/aromatic N) is 2. The van der Waals surface area contributed by atoms with Gasteiger partial charge in [-0.1, -0.05) is 6.42 Å². The molecule has 1 saturated heterocycles. The number of nitro benzene ring substituents is 1. The van der Waals surface area contributed by atoms with Crippen molar-refractivity contribution in [1.82, 2.24) is 4.90 Å². The monoisotopic (exact) mass is 292 g/mol. The Morgan fingerprint density at radius 2 is 2.24 bits per heavy atom. The number of piperidine rings is 1. The second-order valence-corrected chi connectivity index (χ2v) is 5.73. The van der Waals surface area contributed by atoms with E-state index in [1.165, 1.54) is 37.9 Å². The highest BCUT2D eigenvalue weighted by Gasteiger charge is 2.17. The van der Waals surface area contributed by atoms with E-state index < -0.39 is 4.92 Å². The molecule has 21 heavy (non-hydrogen) atoms. The number of rotatable bonds is 6. The van der Waals surface area contributed by atoms with Gasteiger partial charge in [-0.2, -0.15) is 0 Å². The molecule has 1 unspecified atom stereocenters. The number of likely N-dealkylation sites (tertiary alicyclic amines) is 1. The lowest BCUT2D eigenvalue weighted by molar-refractivity contribution is -0.384. The summed E-state index contributed by atoms with van der Waals surface area (Å²) in [4.78, 5) is 12.9. The Kier molecular flexibility index (Phi) is 5.38. The average molecular weight is 292 g/mol. The van der Waals surface area contributed by atoms with Crippen LogP contribution < -0.4 is 11.1 Å². The third-order valence-corrected chi connectivity index (χ3v) is 4.04. The van der Waals surface area contributed by atoms with Crippen LogP contribution in [0.3, 0.4) is 0 Å². The van der Waals surface area contributed by atoms with E-state index in [0.29, 0.717) is 17.4 Å². The van der Waals surface area contributed by atoms with Crippen LogP contribution in [0.15, 0.2) is 18.2 Å². The van der Waals surface area contributed by atoms with E-state index in [4.69, 9.17) is 5.73 Å². The van der Waals surface area contributed by atoms with Crippen LogP contribution in [0.2, 0.25) is 0 Å². The molecule has 3 N–H and O–H groups in total. The molecule has 0 amide bonds. The van der Waals surface area contributed by atoms with E-state index in [-0.39, 0.29) is 5.69 Å². The maximum absolute atomic E-state index is 10.8. The Hall–Kier alpha value is -1.82. The Bertz CT molecular complexity index is 493. The van der Waals surface area contributed by atoms with E-state index >= 15 is 0 Å². The first-order valence-electron chi connectivity index (χ1n) is 7.59. The second kappa shape index (κ2) is 7.26. The first kappa shape index (κ1) is 15.6. The molecule has 1 fully saturated rings. The molecule has 2 rings (SSSR count). The SMILES string of the molecule is CC1CCCCN1CCCNc1cc(N)cc([N+](=O)[O-])c1. The number of anilines is 2. The van der Waals surface area contributed by atoms with Gasteiger partial charge in [-0.25, -0.2) is 0 Å². The van der Waals surface area contributed by atoms with E-state index in [0.717, 1.165) is 19.5 Å². The molecule has 0 aromatic heterocycles. The number of nitrogen functional groups attached to an aromatic ring is 1. The van der Waals surface area contributed by atoms with E-state index in [9.17, 15) is 10.1 Å². The molecule has 0 bridgehead atoms. The lowest BCUT2D eigenvalue weighted by atomic mass is 10.0. The van der Waals surface area contributed by atoms with Crippen LogP contribution in [0.25, 0.3) is 0 Å². The number of benzene rings is 1. The minimum Gasteiger partial charge on any atom is -0.398 e. The Morgan fingerprint density at radius 1 is 1.43 bits per heavy atom. The van der Waals surface area contributed by atoms with Gasteiger partial charge in [-0.05, 0) is 38.8 Å². The highest BCUT2D eigenvalue weighted by Crippen LogP contribution is 2.22. The average Bonchev–Trinajstić information content (AvgIpc) is 2.44. The van der Waals surface area contributed by atoms with Crippen LogP contribution in [0, 0.1) is 10.1 Å². The predicted octanol–water partition coefficient (Wildman–Crippen LogP) is 2.85. The lowest BCUT2D eigenvalue weighted by Crippen LogP contribution is -2.38. The van der Waals surface area contributed by atoms with Crippen molar-refractivity contribution in [3.8, 4) is 0 Å². The molecule has 1 aromatic rings. The van der Waals surface area contributed by atoms with Crippen LogP contribution >= 0.6 is 0 Å². The molecule has 1 heterocycles. The van der Waals surface area contributed by atoms with Crippen molar-refractivity contribution in [3.05, 3.63) is 28.3 Å². The molecule has 6 heteroatoms. The number of hydrogen-bond acceptors (Lipinski definition) is 5. The number of nitrogens with one attached hydrogen (secondary N) is 1. The minimum absolute atomic E-state index is 0.0298. The second-order valence-electron chi connectivity index (χ2n) is 5.73. The molecular weight excluding hydrogens is 268 g/mol. The molecule has 0 saturated carbocycles. The van der Waals surface area contributed by atoms with Gasteiger partial charge >= 0.3 is 0 Å². The van der Waals surface area contributed by atoms with Gasteiger partial charge in [0, 0.05) is 42.6 Å². The third kappa shape index (κ3) is 4.60. The van der Waals surface area contributed by atoms with Crippen LogP contribution in [-0.4, -0.2) is 35.5 Å². The van der Waals surface area contributed by atoms with Crippen LogP contribution in [0.1, 0.15) is 32.6 Å². The Morgan fingerprint density at radius 3 is 2.95 bits per heavy atom. The molecule has 0 aliphatic carbocycles. The number of hydrogen-bond donors (Lipinski definition) is 2. The summed E-state index contributed by atoms with van der Waals surface area (Å²) in [7, 11) is 0. The van der Waals surface area contributed by atoms with Gasteiger partial charge < -0.3 is 16.0 Å². The van der Waals surface area contributed by atoms with Crippen molar-refractivity contribution in [3.63, 3.8) is 0 Å². The van der Waals surface area contributed by atoms with Crippen LogP contribution in [-0.2, 0) is 0 Å². The van der Waals surface area contributed by atoms with Crippen LogP contribution in [0.5, 0.6) is 0 Å². The van der Waals surface area contributed by atoms with Gasteiger partial charge in [0.25, 0.3) is 5.69 Å². The highest BCUT2D eigenvalue weighted by atomic mass is 16.6. The fourth-order valence-electron chi connectivity index (χ4n) is 2.85. The summed E-state index contributed by atoms with van der Waals surface area (Å²) in [5.41, 5.74) is 6.84. The van der Waals surface area contributed by atoms with Gasteiger partial charge in [0.2, 0.25) is 0 Å². The molecule has 1 aliphatic heterocycles. The molecular formula is C15H24N4O2. The topological polar surface area (TPSA) is 84.4 Å². The molecule has 1 atom stereocenters. The van der Waals surface area contributed by atoms with Gasteiger partial charge in [0.1, 0.15) is 0 Å². The molecule has 6 nitrogen and oxygen atoms in total. The number of nitrogens with two attached hydrogens (primary N) is 1. The summed E-state index contributed by atoms with van der Waals surface area (Å²) in [6.45, 7) is 5.33. The highest BCUT2D eigenvalue weighted by molar-refractivity contribution is 5.61. The van der Waals surface area contributed by atoms with E-state index in [2.05, 4.69) is 17.1 Å². The maximum atomic E-state index is 10.8. The smallest absolute Gasteiger partial charge is 0.273 e. The molecule has 0 spiro atoms. The third-order valence-electron chi connectivity index (χ3n) is 4.04. The zero-order valence-electron chi connectivity index (χ0n) is 12.5. The maximum Gasteiger partial charge on any atom is 0.273 e.